The number of aromatic nitrogens is 1. The molecule has 0 bridgehead atoms. The van der Waals surface area contributed by atoms with E-state index in [-0.39, 0.29) is 0 Å². The molecule has 2 aromatic carbocycles. The molecule has 0 saturated heterocycles. The average molecular weight is 368 g/mol. The van der Waals surface area contributed by atoms with Gasteiger partial charge in [-0.3, -0.25) is 4.79 Å². The van der Waals surface area contributed by atoms with Crippen molar-refractivity contribution in [1.29, 1.82) is 0 Å². The number of nitrogens with two attached hydrogens (primary N) is 1. The highest BCUT2D eigenvalue weighted by molar-refractivity contribution is 9.10. The van der Waals surface area contributed by atoms with Crippen LogP contribution in [-0.4, -0.2) is 10.9 Å². The first kappa shape index (κ1) is 13.5. The van der Waals surface area contributed by atoms with Crippen molar-refractivity contribution in [2.75, 3.05) is 0 Å². The molecule has 1 amide bonds. The summed E-state index contributed by atoms with van der Waals surface area (Å²) in [6, 6.07) is 10.9. The maximum atomic E-state index is 11.2. The quantitative estimate of drug-likeness (QED) is 0.726. The number of fused-ring (bicyclic) bond motifs is 1. The van der Waals surface area contributed by atoms with Crippen molar-refractivity contribution in [2.24, 2.45) is 5.73 Å². The van der Waals surface area contributed by atoms with Crippen LogP contribution in [0, 0.1) is 0 Å². The van der Waals surface area contributed by atoms with Crippen molar-refractivity contribution >= 4 is 55.0 Å². The Morgan fingerprint density at radius 3 is 2.80 bits per heavy atom. The lowest BCUT2D eigenvalue weighted by molar-refractivity contribution is 0.100. The van der Waals surface area contributed by atoms with Crippen molar-refractivity contribution in [2.45, 2.75) is 0 Å². The van der Waals surface area contributed by atoms with E-state index in [9.17, 15) is 4.79 Å². The van der Waals surface area contributed by atoms with Gasteiger partial charge in [-0.2, -0.15) is 0 Å². The molecule has 1 heterocycles. The SMILES string of the molecule is NC(=O)c1ccc2nc(-c3cc(Br)ccc3Cl)sc2c1. The molecule has 0 unspecified atom stereocenters. The van der Waals surface area contributed by atoms with E-state index in [1.54, 1.807) is 18.2 Å². The minimum Gasteiger partial charge on any atom is -0.366 e. The van der Waals surface area contributed by atoms with E-state index in [4.69, 9.17) is 17.3 Å². The molecule has 0 aliphatic heterocycles. The van der Waals surface area contributed by atoms with Crippen molar-refractivity contribution in [3.8, 4) is 10.6 Å². The van der Waals surface area contributed by atoms with E-state index in [0.717, 1.165) is 25.3 Å². The molecule has 1 aromatic heterocycles. The van der Waals surface area contributed by atoms with Gasteiger partial charge < -0.3 is 5.73 Å². The predicted octanol–water partition coefficient (Wildman–Crippen LogP) is 4.48. The van der Waals surface area contributed by atoms with Crippen LogP contribution in [0.25, 0.3) is 20.8 Å². The third-order valence-electron chi connectivity index (χ3n) is 2.83. The Labute approximate surface area is 132 Å². The van der Waals surface area contributed by atoms with Gasteiger partial charge in [-0.05, 0) is 36.4 Å². The van der Waals surface area contributed by atoms with Crippen LogP contribution in [0.3, 0.4) is 0 Å². The van der Waals surface area contributed by atoms with Crippen LogP contribution in [0.5, 0.6) is 0 Å². The summed E-state index contributed by atoms with van der Waals surface area (Å²) in [4.78, 5) is 15.7. The monoisotopic (exact) mass is 366 g/mol. The molecule has 3 rings (SSSR count). The third-order valence-corrected chi connectivity index (χ3v) is 4.71. The zero-order valence-corrected chi connectivity index (χ0v) is 13.2. The average Bonchev–Trinajstić information content (AvgIpc) is 2.83. The Bertz CT molecular complexity index is 831. The second kappa shape index (κ2) is 5.16. The molecular weight excluding hydrogens is 360 g/mol. The molecule has 0 spiro atoms. The fourth-order valence-corrected chi connectivity index (χ4v) is 3.51. The van der Waals surface area contributed by atoms with Gasteiger partial charge in [-0.1, -0.05) is 27.5 Å². The standard InChI is InChI=1S/C14H8BrClN2OS/c15-8-2-3-10(16)9(6-8)14-18-11-4-1-7(13(17)19)5-12(11)20-14/h1-6H,(H2,17,19). The fourth-order valence-electron chi connectivity index (χ4n) is 1.85. The number of hydrogen-bond acceptors (Lipinski definition) is 3. The minimum absolute atomic E-state index is 0.442. The number of benzene rings is 2. The van der Waals surface area contributed by atoms with Gasteiger partial charge in [-0.15, -0.1) is 11.3 Å². The molecule has 100 valence electrons. The number of primary amides is 1. The topological polar surface area (TPSA) is 56.0 Å². The van der Waals surface area contributed by atoms with Crippen LogP contribution in [0.2, 0.25) is 5.02 Å². The van der Waals surface area contributed by atoms with Gasteiger partial charge in [0, 0.05) is 15.6 Å². The first-order valence-corrected chi connectivity index (χ1v) is 7.69. The summed E-state index contributed by atoms with van der Waals surface area (Å²) in [6.07, 6.45) is 0. The van der Waals surface area contributed by atoms with E-state index in [1.165, 1.54) is 11.3 Å². The number of nitrogens with zero attached hydrogens (tertiary/aromatic N) is 1. The lowest BCUT2D eigenvalue weighted by Gasteiger charge is -2.00. The highest BCUT2D eigenvalue weighted by atomic mass is 79.9. The number of carbonyl (C=O) groups excluding carboxylic acids is 1. The van der Waals surface area contributed by atoms with E-state index in [0.29, 0.717) is 10.6 Å². The van der Waals surface area contributed by atoms with Gasteiger partial charge in [0.05, 0.1) is 15.2 Å². The molecular formula is C14H8BrClN2OS. The van der Waals surface area contributed by atoms with Crippen molar-refractivity contribution in [3.63, 3.8) is 0 Å². The second-order valence-corrected chi connectivity index (χ2v) is 6.54. The highest BCUT2D eigenvalue weighted by Crippen LogP contribution is 2.36. The van der Waals surface area contributed by atoms with Crippen molar-refractivity contribution in [1.82, 2.24) is 4.98 Å². The van der Waals surface area contributed by atoms with Gasteiger partial charge in [0.1, 0.15) is 5.01 Å². The molecule has 2 N–H and O–H groups in total. The van der Waals surface area contributed by atoms with Gasteiger partial charge >= 0.3 is 0 Å². The third kappa shape index (κ3) is 2.44. The Morgan fingerprint density at radius 2 is 2.05 bits per heavy atom. The van der Waals surface area contributed by atoms with E-state index < -0.39 is 5.91 Å². The molecule has 6 heteroatoms. The first-order valence-electron chi connectivity index (χ1n) is 5.70. The Hall–Kier alpha value is -1.43. The smallest absolute Gasteiger partial charge is 0.248 e. The van der Waals surface area contributed by atoms with Crippen LogP contribution in [-0.2, 0) is 0 Å². The lowest BCUT2D eigenvalue weighted by Crippen LogP contribution is -2.10. The number of hydrogen-bond donors (Lipinski definition) is 1. The zero-order valence-electron chi connectivity index (χ0n) is 10.1. The number of carbonyl (C=O) groups is 1. The highest BCUT2D eigenvalue weighted by Gasteiger charge is 2.11. The van der Waals surface area contributed by atoms with Gasteiger partial charge in [-0.25, -0.2) is 4.98 Å². The summed E-state index contributed by atoms with van der Waals surface area (Å²) in [6.45, 7) is 0. The van der Waals surface area contributed by atoms with Gasteiger partial charge in [0.2, 0.25) is 5.91 Å². The maximum absolute atomic E-state index is 11.2. The van der Waals surface area contributed by atoms with Gasteiger partial charge in [0.15, 0.2) is 0 Å². The van der Waals surface area contributed by atoms with Crippen molar-refractivity contribution < 1.29 is 4.79 Å². The molecule has 0 radical (unpaired) electrons. The molecule has 0 atom stereocenters. The number of halogens is 2. The molecule has 0 aliphatic rings. The minimum atomic E-state index is -0.442. The molecule has 3 aromatic rings. The Balaban J connectivity index is 2.17. The van der Waals surface area contributed by atoms with Crippen molar-refractivity contribution in [3.05, 3.63) is 51.5 Å². The Morgan fingerprint density at radius 1 is 1.25 bits per heavy atom. The summed E-state index contributed by atoms with van der Waals surface area (Å²) in [5, 5.41) is 1.45. The molecule has 3 nitrogen and oxygen atoms in total. The molecule has 0 saturated carbocycles. The van der Waals surface area contributed by atoms with Crippen LogP contribution in [0.4, 0.5) is 0 Å². The lowest BCUT2D eigenvalue weighted by atomic mass is 10.2. The predicted molar refractivity (Wildman–Crippen MR) is 86.3 cm³/mol. The van der Waals surface area contributed by atoms with E-state index in [1.807, 2.05) is 18.2 Å². The van der Waals surface area contributed by atoms with Crippen LogP contribution in [0.1, 0.15) is 10.4 Å². The van der Waals surface area contributed by atoms with Gasteiger partial charge in [0.25, 0.3) is 0 Å². The first-order chi connectivity index (χ1) is 9.54. The number of amides is 1. The largest absolute Gasteiger partial charge is 0.366 e. The van der Waals surface area contributed by atoms with Crippen LogP contribution >= 0.6 is 38.9 Å². The maximum Gasteiger partial charge on any atom is 0.248 e. The second-order valence-electron chi connectivity index (χ2n) is 4.19. The van der Waals surface area contributed by atoms with Crippen LogP contribution in [0.15, 0.2) is 40.9 Å². The summed E-state index contributed by atoms with van der Waals surface area (Å²) in [5.41, 5.74) is 7.45. The van der Waals surface area contributed by atoms with E-state index in [2.05, 4.69) is 20.9 Å². The fraction of sp³-hybridized carbons (Fsp3) is 0. The summed E-state index contributed by atoms with van der Waals surface area (Å²) < 4.78 is 1.85. The summed E-state index contributed by atoms with van der Waals surface area (Å²) >= 11 is 11.1. The van der Waals surface area contributed by atoms with E-state index >= 15 is 0 Å². The molecule has 20 heavy (non-hydrogen) atoms. The zero-order chi connectivity index (χ0) is 14.3. The van der Waals surface area contributed by atoms with Crippen LogP contribution < -0.4 is 5.73 Å². The number of rotatable bonds is 2. The Kier molecular flexibility index (Phi) is 3.50. The molecule has 0 aliphatic carbocycles. The number of thiazole rings is 1. The summed E-state index contributed by atoms with van der Waals surface area (Å²) in [7, 11) is 0. The normalized spacial score (nSPS) is 10.9. The summed E-state index contributed by atoms with van der Waals surface area (Å²) in [5.74, 6) is -0.442. The molecule has 0 fully saturated rings.